The number of benzene rings is 2. The van der Waals surface area contributed by atoms with E-state index >= 15 is 0 Å². The molecule has 1 aliphatic carbocycles. The molecule has 28 heavy (non-hydrogen) atoms. The Labute approximate surface area is 162 Å². The summed E-state index contributed by atoms with van der Waals surface area (Å²) in [6.07, 6.45) is 0.884. The lowest BCUT2D eigenvalue weighted by Gasteiger charge is -2.13. The predicted molar refractivity (Wildman–Crippen MR) is 103 cm³/mol. The zero-order chi connectivity index (χ0) is 20.1. The molecule has 3 rings (SSSR count). The van der Waals surface area contributed by atoms with E-state index in [1.807, 2.05) is 30.3 Å². The van der Waals surface area contributed by atoms with Crippen LogP contribution >= 0.6 is 0 Å². The van der Waals surface area contributed by atoms with Gasteiger partial charge in [0.25, 0.3) is 11.6 Å². The number of hydrogen-bond donors (Lipinski definition) is 2. The van der Waals surface area contributed by atoms with Crippen LogP contribution in [0.25, 0.3) is 0 Å². The average molecular weight is 383 g/mol. The summed E-state index contributed by atoms with van der Waals surface area (Å²) < 4.78 is 5.14. The quantitative estimate of drug-likeness (QED) is 0.412. The molecule has 0 aromatic heterocycles. The Morgan fingerprint density at radius 3 is 2.57 bits per heavy atom. The highest BCUT2D eigenvalue weighted by Crippen LogP contribution is 2.27. The number of nitrogens with one attached hydrogen (secondary N) is 2. The van der Waals surface area contributed by atoms with Gasteiger partial charge >= 0.3 is 5.97 Å². The van der Waals surface area contributed by atoms with Crippen molar-refractivity contribution in [3.63, 3.8) is 0 Å². The van der Waals surface area contributed by atoms with E-state index in [0.717, 1.165) is 24.5 Å². The molecule has 1 saturated carbocycles. The molecule has 8 nitrogen and oxygen atoms in total. The van der Waals surface area contributed by atoms with Crippen LogP contribution < -0.4 is 10.6 Å². The number of nitro groups is 1. The molecule has 2 N–H and O–H groups in total. The van der Waals surface area contributed by atoms with Crippen LogP contribution in [0.1, 0.15) is 35.7 Å². The number of ether oxygens (including phenoxy) is 1. The third-order valence-electron chi connectivity index (χ3n) is 4.33. The summed E-state index contributed by atoms with van der Waals surface area (Å²) in [6.45, 7) is 1.88. The number of carbonyl (C=O) groups excluding carboxylic acids is 2. The van der Waals surface area contributed by atoms with E-state index in [0.29, 0.717) is 12.2 Å². The van der Waals surface area contributed by atoms with E-state index in [1.165, 1.54) is 19.1 Å². The largest absolute Gasteiger partial charge is 0.449 e. The number of esters is 1. The van der Waals surface area contributed by atoms with Gasteiger partial charge in [-0.2, -0.15) is 0 Å². The zero-order valence-electron chi connectivity index (χ0n) is 15.4. The number of hydrogen-bond acceptors (Lipinski definition) is 6. The molecule has 0 aliphatic heterocycles. The van der Waals surface area contributed by atoms with Crippen LogP contribution in [0.5, 0.6) is 0 Å². The first-order valence-corrected chi connectivity index (χ1v) is 9.01. The van der Waals surface area contributed by atoms with Crippen LogP contribution in [-0.4, -0.2) is 28.9 Å². The third-order valence-corrected chi connectivity index (χ3v) is 4.33. The number of carbonyl (C=O) groups is 2. The van der Waals surface area contributed by atoms with E-state index in [2.05, 4.69) is 10.6 Å². The Hall–Kier alpha value is -3.42. The number of anilines is 1. The number of nitrogens with zero attached hydrogens (tertiary/aromatic N) is 1. The van der Waals surface area contributed by atoms with Gasteiger partial charge in [0.15, 0.2) is 6.10 Å². The number of nitro benzene ring substituents is 1. The van der Waals surface area contributed by atoms with Gasteiger partial charge in [0.05, 0.1) is 10.5 Å². The minimum atomic E-state index is -0.969. The molecule has 0 bridgehead atoms. The summed E-state index contributed by atoms with van der Waals surface area (Å²) in [6, 6.07) is 13.7. The Balaban J connectivity index is 1.67. The maximum atomic E-state index is 12.3. The van der Waals surface area contributed by atoms with Crippen molar-refractivity contribution in [3.8, 4) is 0 Å². The molecule has 1 amide bonds. The van der Waals surface area contributed by atoms with Crippen molar-refractivity contribution in [1.29, 1.82) is 0 Å². The first-order chi connectivity index (χ1) is 13.4. The van der Waals surface area contributed by atoms with E-state index in [4.69, 9.17) is 4.74 Å². The molecule has 0 unspecified atom stereocenters. The molecule has 8 heteroatoms. The molecule has 2 aromatic rings. The van der Waals surface area contributed by atoms with Crippen molar-refractivity contribution >= 4 is 23.3 Å². The summed E-state index contributed by atoms with van der Waals surface area (Å²) in [5.41, 5.74) is 1.05. The molecular weight excluding hydrogens is 362 g/mol. The summed E-state index contributed by atoms with van der Waals surface area (Å²) in [7, 11) is 0. The summed E-state index contributed by atoms with van der Waals surface area (Å²) in [4.78, 5) is 35.0. The van der Waals surface area contributed by atoms with Gasteiger partial charge in [-0.25, -0.2) is 4.79 Å². The molecule has 146 valence electrons. The van der Waals surface area contributed by atoms with Crippen LogP contribution in [0.3, 0.4) is 0 Å². The molecule has 2 aromatic carbocycles. The Kier molecular flexibility index (Phi) is 5.88. The first-order valence-electron chi connectivity index (χ1n) is 9.01. The van der Waals surface area contributed by atoms with Crippen molar-refractivity contribution in [1.82, 2.24) is 5.32 Å². The van der Waals surface area contributed by atoms with Crippen LogP contribution in [-0.2, 0) is 16.1 Å². The molecule has 0 heterocycles. The Bertz CT molecular complexity index is 881. The van der Waals surface area contributed by atoms with Gasteiger partial charge in [-0.15, -0.1) is 0 Å². The molecule has 1 aliphatic rings. The Morgan fingerprint density at radius 2 is 1.93 bits per heavy atom. The lowest BCUT2D eigenvalue weighted by molar-refractivity contribution is -0.384. The number of rotatable bonds is 8. The molecule has 0 saturated heterocycles. The van der Waals surface area contributed by atoms with Crippen molar-refractivity contribution in [2.45, 2.75) is 38.5 Å². The summed E-state index contributed by atoms with van der Waals surface area (Å²) in [5, 5.41) is 17.2. The number of amides is 1. The van der Waals surface area contributed by atoms with E-state index < -0.39 is 17.0 Å². The van der Waals surface area contributed by atoms with Gasteiger partial charge in [0.2, 0.25) is 0 Å². The predicted octanol–water partition coefficient (Wildman–Crippen LogP) is 3.03. The third kappa shape index (κ3) is 5.06. The van der Waals surface area contributed by atoms with Crippen LogP contribution in [0.4, 0.5) is 11.4 Å². The second-order valence-electron chi connectivity index (χ2n) is 6.66. The van der Waals surface area contributed by atoms with Gasteiger partial charge in [-0.1, -0.05) is 30.3 Å². The standard InChI is InChI=1S/C20H21N3O5/c1-13(19(24)22-16-8-9-16)28-20(25)15-7-10-17(18(11-15)23(26)27)21-12-14-5-3-2-4-6-14/h2-7,10-11,13,16,21H,8-9,12H2,1H3,(H,22,24)/t13-/m0/s1. The molecule has 1 fully saturated rings. The smallest absolute Gasteiger partial charge is 0.339 e. The average Bonchev–Trinajstić information content (AvgIpc) is 3.50. The summed E-state index contributed by atoms with van der Waals surface area (Å²) in [5.74, 6) is -1.15. The fourth-order valence-corrected chi connectivity index (χ4v) is 2.58. The maximum Gasteiger partial charge on any atom is 0.339 e. The van der Waals surface area contributed by atoms with Crippen LogP contribution in [0, 0.1) is 10.1 Å². The lowest BCUT2D eigenvalue weighted by atomic mass is 10.1. The normalized spacial score (nSPS) is 14.0. The van der Waals surface area contributed by atoms with Gasteiger partial charge in [0.1, 0.15) is 5.69 Å². The maximum absolute atomic E-state index is 12.3. The minimum absolute atomic E-state index is 0.0167. The topological polar surface area (TPSA) is 111 Å². The summed E-state index contributed by atoms with van der Waals surface area (Å²) >= 11 is 0. The zero-order valence-corrected chi connectivity index (χ0v) is 15.4. The SMILES string of the molecule is C[C@H](OC(=O)c1ccc(NCc2ccccc2)c([N+](=O)[O-])c1)C(=O)NC1CC1. The molecule has 0 radical (unpaired) electrons. The fraction of sp³-hybridized carbons (Fsp3) is 0.300. The van der Waals surface area contributed by atoms with Gasteiger partial charge < -0.3 is 15.4 Å². The van der Waals surface area contributed by atoms with Gasteiger partial charge in [0, 0.05) is 18.7 Å². The van der Waals surface area contributed by atoms with Crippen molar-refractivity contribution in [2.24, 2.45) is 0 Å². The molecule has 1 atom stereocenters. The van der Waals surface area contributed by atoms with Crippen molar-refractivity contribution < 1.29 is 19.2 Å². The highest BCUT2D eigenvalue weighted by Gasteiger charge is 2.28. The van der Waals surface area contributed by atoms with E-state index in [-0.39, 0.29) is 23.2 Å². The highest BCUT2D eigenvalue weighted by molar-refractivity contribution is 5.93. The minimum Gasteiger partial charge on any atom is -0.449 e. The van der Waals surface area contributed by atoms with Crippen LogP contribution in [0.15, 0.2) is 48.5 Å². The van der Waals surface area contributed by atoms with E-state index in [1.54, 1.807) is 0 Å². The van der Waals surface area contributed by atoms with Gasteiger partial charge in [-0.3, -0.25) is 14.9 Å². The highest BCUT2D eigenvalue weighted by atomic mass is 16.6. The van der Waals surface area contributed by atoms with Crippen molar-refractivity contribution in [2.75, 3.05) is 5.32 Å². The van der Waals surface area contributed by atoms with Gasteiger partial charge in [-0.05, 0) is 37.5 Å². The monoisotopic (exact) mass is 383 g/mol. The molecular formula is C20H21N3O5. The molecule has 0 spiro atoms. The van der Waals surface area contributed by atoms with Crippen molar-refractivity contribution in [3.05, 3.63) is 69.8 Å². The van der Waals surface area contributed by atoms with E-state index in [9.17, 15) is 19.7 Å². The fourth-order valence-electron chi connectivity index (χ4n) is 2.58. The first kappa shape index (κ1) is 19.3. The lowest BCUT2D eigenvalue weighted by Crippen LogP contribution is -2.37. The second kappa shape index (κ2) is 8.51. The Morgan fingerprint density at radius 1 is 1.21 bits per heavy atom. The van der Waals surface area contributed by atoms with Crippen LogP contribution in [0.2, 0.25) is 0 Å². The second-order valence-corrected chi connectivity index (χ2v) is 6.66.